The number of aromatic nitrogens is 1. The standard InChI is InChI=1S/C21H36N4.ClH/c1-5-13-23(14-6-1)17-9-19-25(21-11-3-4-12-22-21)20-10-18-24-15-7-2-8-16-24;/h3-4,11-12H,1-2,5-10,13-20H2;1H. The van der Waals surface area contributed by atoms with Crippen LogP contribution in [0.4, 0.5) is 5.82 Å². The third-order valence-corrected chi connectivity index (χ3v) is 5.68. The summed E-state index contributed by atoms with van der Waals surface area (Å²) in [6, 6.07) is 6.30. The predicted octanol–water partition coefficient (Wildman–Crippen LogP) is 4.06. The molecule has 2 saturated heterocycles. The van der Waals surface area contributed by atoms with Gasteiger partial charge in [0.1, 0.15) is 5.82 Å². The lowest BCUT2D eigenvalue weighted by Gasteiger charge is -2.30. The van der Waals surface area contributed by atoms with Crippen LogP contribution in [0.25, 0.3) is 0 Å². The Hall–Kier alpha value is -0.840. The molecule has 0 bridgehead atoms. The third-order valence-electron chi connectivity index (χ3n) is 5.68. The Kier molecular flexibility index (Phi) is 10.3. The largest absolute Gasteiger partial charge is 0.357 e. The second-order valence-corrected chi connectivity index (χ2v) is 7.69. The Morgan fingerprint density at radius 2 is 1.31 bits per heavy atom. The number of hydrogen-bond acceptors (Lipinski definition) is 4. The quantitative estimate of drug-likeness (QED) is 0.644. The number of pyridine rings is 1. The number of likely N-dealkylation sites (tertiary alicyclic amines) is 2. The number of hydrogen-bond donors (Lipinski definition) is 0. The van der Waals surface area contributed by atoms with Gasteiger partial charge in [-0.1, -0.05) is 18.9 Å². The van der Waals surface area contributed by atoms with Crippen LogP contribution in [0.2, 0.25) is 0 Å². The summed E-state index contributed by atoms with van der Waals surface area (Å²) >= 11 is 0. The average molecular weight is 381 g/mol. The van der Waals surface area contributed by atoms with Crippen molar-refractivity contribution in [3.05, 3.63) is 24.4 Å². The number of anilines is 1. The van der Waals surface area contributed by atoms with Crippen LogP contribution in [0.1, 0.15) is 51.4 Å². The zero-order valence-corrected chi connectivity index (χ0v) is 17.1. The molecule has 1 aromatic rings. The summed E-state index contributed by atoms with van der Waals surface area (Å²) in [6.07, 6.45) is 12.8. The lowest BCUT2D eigenvalue weighted by atomic mass is 10.1. The van der Waals surface area contributed by atoms with E-state index >= 15 is 0 Å². The smallest absolute Gasteiger partial charge is 0.128 e. The van der Waals surface area contributed by atoms with E-state index in [1.54, 1.807) is 0 Å². The molecule has 0 spiro atoms. The maximum atomic E-state index is 4.61. The van der Waals surface area contributed by atoms with Gasteiger partial charge in [-0.15, -0.1) is 12.4 Å². The predicted molar refractivity (Wildman–Crippen MR) is 114 cm³/mol. The second kappa shape index (κ2) is 12.5. The average Bonchev–Trinajstić information content (AvgIpc) is 2.69. The third kappa shape index (κ3) is 7.42. The van der Waals surface area contributed by atoms with Crippen molar-refractivity contribution in [2.24, 2.45) is 0 Å². The molecular weight excluding hydrogens is 344 g/mol. The Morgan fingerprint density at radius 1 is 0.769 bits per heavy atom. The summed E-state index contributed by atoms with van der Waals surface area (Å²) in [5.74, 6) is 1.15. The summed E-state index contributed by atoms with van der Waals surface area (Å²) in [5.41, 5.74) is 0. The van der Waals surface area contributed by atoms with Gasteiger partial charge in [0.25, 0.3) is 0 Å². The van der Waals surface area contributed by atoms with E-state index in [-0.39, 0.29) is 12.4 Å². The normalized spacial score (nSPS) is 19.1. The molecule has 0 aliphatic carbocycles. The van der Waals surface area contributed by atoms with Crippen molar-refractivity contribution in [3.8, 4) is 0 Å². The maximum Gasteiger partial charge on any atom is 0.128 e. The minimum atomic E-state index is 0. The maximum absolute atomic E-state index is 4.61. The molecule has 5 heteroatoms. The monoisotopic (exact) mass is 380 g/mol. The highest BCUT2D eigenvalue weighted by molar-refractivity contribution is 5.85. The van der Waals surface area contributed by atoms with Gasteiger partial charge in [0, 0.05) is 19.3 Å². The lowest BCUT2D eigenvalue weighted by Crippen LogP contribution is -2.36. The van der Waals surface area contributed by atoms with Gasteiger partial charge in [0.05, 0.1) is 0 Å². The Labute approximate surface area is 166 Å². The SMILES string of the molecule is Cl.c1ccc(N(CCCN2CCCCC2)CCCN2CCCCC2)nc1. The Balaban J connectivity index is 0.00000243. The molecule has 3 rings (SSSR count). The fourth-order valence-electron chi connectivity index (χ4n) is 4.22. The number of piperidine rings is 2. The fourth-order valence-corrected chi connectivity index (χ4v) is 4.22. The Bertz CT molecular complexity index is 434. The van der Waals surface area contributed by atoms with E-state index in [0.717, 1.165) is 18.9 Å². The second-order valence-electron chi connectivity index (χ2n) is 7.69. The first kappa shape index (κ1) is 21.5. The number of nitrogens with zero attached hydrogens (tertiary/aromatic N) is 4. The van der Waals surface area contributed by atoms with Gasteiger partial charge >= 0.3 is 0 Å². The van der Waals surface area contributed by atoms with Crippen LogP contribution in [-0.2, 0) is 0 Å². The van der Waals surface area contributed by atoms with Crippen molar-refractivity contribution >= 4 is 18.2 Å². The van der Waals surface area contributed by atoms with E-state index in [9.17, 15) is 0 Å². The Morgan fingerprint density at radius 3 is 1.77 bits per heavy atom. The number of rotatable bonds is 9. The molecule has 0 aromatic carbocycles. The molecule has 0 amide bonds. The molecule has 26 heavy (non-hydrogen) atoms. The summed E-state index contributed by atoms with van der Waals surface area (Å²) in [6.45, 7) is 9.97. The molecule has 4 nitrogen and oxygen atoms in total. The van der Waals surface area contributed by atoms with E-state index in [1.807, 2.05) is 12.3 Å². The van der Waals surface area contributed by atoms with Crippen LogP contribution < -0.4 is 4.90 Å². The van der Waals surface area contributed by atoms with Crippen LogP contribution >= 0.6 is 12.4 Å². The van der Waals surface area contributed by atoms with Crippen molar-refractivity contribution in [3.63, 3.8) is 0 Å². The molecule has 0 saturated carbocycles. The van der Waals surface area contributed by atoms with Crippen molar-refractivity contribution in [2.45, 2.75) is 51.4 Å². The highest BCUT2D eigenvalue weighted by Crippen LogP contribution is 2.14. The molecule has 148 valence electrons. The van der Waals surface area contributed by atoms with Crippen molar-refractivity contribution < 1.29 is 0 Å². The van der Waals surface area contributed by atoms with Gasteiger partial charge in [0.2, 0.25) is 0 Å². The van der Waals surface area contributed by atoms with Gasteiger partial charge in [-0.25, -0.2) is 4.98 Å². The minimum absolute atomic E-state index is 0. The first-order valence-corrected chi connectivity index (χ1v) is 10.5. The number of halogens is 1. The first-order valence-electron chi connectivity index (χ1n) is 10.5. The molecule has 0 unspecified atom stereocenters. The molecule has 0 N–H and O–H groups in total. The van der Waals surface area contributed by atoms with Crippen molar-refractivity contribution in [1.82, 2.24) is 14.8 Å². The van der Waals surface area contributed by atoms with E-state index in [0.29, 0.717) is 0 Å². The van der Waals surface area contributed by atoms with Crippen LogP contribution in [0, 0.1) is 0 Å². The van der Waals surface area contributed by atoms with E-state index in [2.05, 4.69) is 31.8 Å². The van der Waals surface area contributed by atoms with Gasteiger partial charge < -0.3 is 14.7 Å². The molecule has 0 atom stereocenters. The molecule has 3 heterocycles. The summed E-state index contributed by atoms with van der Waals surface area (Å²) in [5, 5.41) is 0. The molecule has 1 aromatic heterocycles. The molecule has 2 aliphatic heterocycles. The van der Waals surface area contributed by atoms with Crippen molar-refractivity contribution in [1.29, 1.82) is 0 Å². The summed E-state index contributed by atoms with van der Waals surface area (Å²) < 4.78 is 0. The molecule has 2 fully saturated rings. The highest BCUT2D eigenvalue weighted by atomic mass is 35.5. The molecular formula is C21H37ClN4. The van der Waals surface area contributed by atoms with Crippen LogP contribution in [-0.4, -0.2) is 67.1 Å². The topological polar surface area (TPSA) is 22.6 Å². The minimum Gasteiger partial charge on any atom is -0.357 e. The zero-order chi connectivity index (χ0) is 17.2. The fraction of sp³-hybridized carbons (Fsp3) is 0.762. The zero-order valence-electron chi connectivity index (χ0n) is 16.3. The highest BCUT2D eigenvalue weighted by Gasteiger charge is 2.13. The van der Waals surface area contributed by atoms with Crippen molar-refractivity contribution in [2.75, 3.05) is 57.3 Å². The lowest BCUT2D eigenvalue weighted by molar-refractivity contribution is 0.223. The molecule has 0 radical (unpaired) electrons. The van der Waals surface area contributed by atoms with Gasteiger partial charge in [-0.2, -0.15) is 0 Å². The van der Waals surface area contributed by atoms with Crippen LogP contribution in [0.3, 0.4) is 0 Å². The van der Waals surface area contributed by atoms with Gasteiger partial charge in [-0.05, 0) is 89.9 Å². The van der Waals surface area contributed by atoms with Crippen LogP contribution in [0.5, 0.6) is 0 Å². The molecule has 2 aliphatic rings. The summed E-state index contributed by atoms with van der Waals surface area (Å²) in [4.78, 5) is 12.4. The van der Waals surface area contributed by atoms with E-state index in [4.69, 9.17) is 0 Å². The van der Waals surface area contributed by atoms with Gasteiger partial charge in [0.15, 0.2) is 0 Å². The van der Waals surface area contributed by atoms with Crippen LogP contribution in [0.15, 0.2) is 24.4 Å². The van der Waals surface area contributed by atoms with E-state index < -0.39 is 0 Å². The van der Waals surface area contributed by atoms with E-state index in [1.165, 1.54) is 90.6 Å². The van der Waals surface area contributed by atoms with Gasteiger partial charge in [-0.3, -0.25) is 0 Å². The summed E-state index contributed by atoms with van der Waals surface area (Å²) in [7, 11) is 0. The first-order chi connectivity index (χ1) is 12.4.